The number of hydrogen-bond donors (Lipinski definition) is 0. The molecule has 0 amide bonds. The summed E-state index contributed by atoms with van der Waals surface area (Å²) in [5.41, 5.74) is 18.5. The SMILES string of the molecule is [C-]#[N+]c1ccc2c(c1)-c1ccc(-c3ccc(-c4ccc(-c5ccc(-c6nc(-c7ccccc7)nc(-c7ccc(-c8ccccc8)cc7)n6)cc5)cc4)cc3)cc1C21CCCCC1. The molecule has 0 radical (unpaired) electrons. The molecule has 0 bridgehead atoms. The molecule has 4 heteroatoms. The quantitative estimate of drug-likeness (QED) is 0.151. The third kappa shape index (κ3) is 6.79. The van der Waals surface area contributed by atoms with Crippen LogP contribution in [0.4, 0.5) is 5.69 Å². The van der Waals surface area contributed by atoms with Crippen molar-refractivity contribution in [3.63, 3.8) is 0 Å². The molecule has 0 atom stereocenters. The Kier molecular flexibility index (Phi) is 9.44. The first-order valence-electron chi connectivity index (χ1n) is 21.6. The van der Waals surface area contributed by atoms with Gasteiger partial charge in [0.2, 0.25) is 0 Å². The van der Waals surface area contributed by atoms with E-state index in [0.29, 0.717) is 17.5 Å². The maximum atomic E-state index is 7.63. The van der Waals surface area contributed by atoms with Crippen molar-refractivity contribution in [1.82, 2.24) is 15.0 Å². The molecule has 8 aromatic carbocycles. The average molecular weight is 795 g/mol. The summed E-state index contributed by atoms with van der Waals surface area (Å²) in [4.78, 5) is 18.6. The molecule has 294 valence electrons. The van der Waals surface area contributed by atoms with E-state index in [0.717, 1.165) is 39.1 Å². The van der Waals surface area contributed by atoms with Crippen molar-refractivity contribution in [3.05, 3.63) is 217 Å². The molecule has 1 heterocycles. The predicted molar refractivity (Wildman–Crippen MR) is 253 cm³/mol. The molecular weight excluding hydrogens is 753 g/mol. The van der Waals surface area contributed by atoms with E-state index in [1.165, 1.54) is 82.2 Å². The number of rotatable bonds is 7. The second-order valence-electron chi connectivity index (χ2n) is 16.6. The number of aromatic nitrogens is 3. The fraction of sp³-hybridized carbons (Fsp3) is 0.103. The number of hydrogen-bond acceptors (Lipinski definition) is 3. The first kappa shape index (κ1) is 37.3. The number of nitrogens with zero attached hydrogens (tertiary/aromatic N) is 4. The van der Waals surface area contributed by atoms with E-state index < -0.39 is 0 Å². The minimum absolute atomic E-state index is 0.0559. The first-order valence-corrected chi connectivity index (χ1v) is 21.6. The third-order valence-electron chi connectivity index (χ3n) is 13.0. The lowest BCUT2D eigenvalue weighted by atomic mass is 9.67. The van der Waals surface area contributed by atoms with Crippen molar-refractivity contribution in [3.8, 4) is 89.8 Å². The van der Waals surface area contributed by atoms with E-state index >= 15 is 0 Å². The fourth-order valence-corrected chi connectivity index (χ4v) is 9.75. The molecule has 0 unspecified atom stereocenters. The van der Waals surface area contributed by atoms with Crippen LogP contribution in [0.25, 0.3) is 94.6 Å². The van der Waals surface area contributed by atoms with Crippen molar-refractivity contribution in [2.45, 2.75) is 37.5 Å². The van der Waals surface area contributed by atoms with Gasteiger partial charge in [0, 0.05) is 22.1 Å². The maximum Gasteiger partial charge on any atom is 0.187 e. The summed E-state index contributed by atoms with van der Waals surface area (Å²) in [6, 6.07) is 68.6. The summed E-state index contributed by atoms with van der Waals surface area (Å²) in [6.07, 6.45) is 6.14. The van der Waals surface area contributed by atoms with E-state index in [9.17, 15) is 0 Å². The Bertz CT molecular complexity index is 3110. The van der Waals surface area contributed by atoms with Crippen molar-refractivity contribution in [1.29, 1.82) is 0 Å². The molecule has 2 aliphatic rings. The van der Waals surface area contributed by atoms with Gasteiger partial charge in [0.05, 0.1) is 6.57 Å². The van der Waals surface area contributed by atoms with Gasteiger partial charge in [-0.2, -0.15) is 0 Å². The van der Waals surface area contributed by atoms with Crippen LogP contribution in [-0.2, 0) is 5.41 Å². The molecule has 9 aromatic rings. The smallest absolute Gasteiger partial charge is 0.187 e. The van der Waals surface area contributed by atoms with Crippen LogP contribution in [0.15, 0.2) is 194 Å². The molecule has 11 rings (SSSR count). The largest absolute Gasteiger partial charge is 0.238 e. The molecule has 1 saturated carbocycles. The summed E-state index contributed by atoms with van der Waals surface area (Å²) in [5.74, 6) is 1.93. The Morgan fingerprint density at radius 2 is 0.726 bits per heavy atom. The third-order valence-corrected chi connectivity index (χ3v) is 13.0. The molecule has 0 saturated heterocycles. The van der Waals surface area contributed by atoms with Crippen LogP contribution in [0.3, 0.4) is 0 Å². The standard InChI is InChI=1S/C58H42N4/c1-59-50-32-34-53-52(38-50)51-33-31-49(37-54(51)58(53)35-9-4-10-36-58)45-21-19-43(20-22-45)41-15-17-42(18-16-41)44-25-29-48(30-26-44)57-61-55(46-13-7-3-8-14-46)60-56(62-57)47-27-23-40(24-28-47)39-11-5-2-6-12-39/h2-3,5-8,11-34,37-38H,4,9-10,35-36H2. The molecule has 1 spiro atoms. The predicted octanol–water partition coefficient (Wildman–Crippen LogP) is 15.3. The molecule has 0 aliphatic heterocycles. The zero-order valence-electron chi connectivity index (χ0n) is 34.3. The lowest BCUT2D eigenvalue weighted by Crippen LogP contribution is -2.28. The van der Waals surface area contributed by atoms with Gasteiger partial charge in [0.15, 0.2) is 23.2 Å². The Morgan fingerprint density at radius 3 is 1.19 bits per heavy atom. The van der Waals surface area contributed by atoms with Crippen LogP contribution in [0.2, 0.25) is 0 Å². The van der Waals surface area contributed by atoms with Gasteiger partial charge < -0.3 is 0 Å². The first-order chi connectivity index (χ1) is 30.6. The van der Waals surface area contributed by atoms with Crippen LogP contribution in [-0.4, -0.2) is 15.0 Å². The zero-order valence-corrected chi connectivity index (χ0v) is 34.3. The summed E-state index contributed by atoms with van der Waals surface area (Å²) in [5, 5.41) is 0. The van der Waals surface area contributed by atoms with E-state index in [2.05, 4.69) is 157 Å². The molecule has 4 nitrogen and oxygen atoms in total. The van der Waals surface area contributed by atoms with Crippen LogP contribution >= 0.6 is 0 Å². The van der Waals surface area contributed by atoms with Gasteiger partial charge in [-0.3, -0.25) is 0 Å². The van der Waals surface area contributed by atoms with Crippen LogP contribution in [0.5, 0.6) is 0 Å². The highest BCUT2D eigenvalue weighted by Crippen LogP contribution is 2.57. The van der Waals surface area contributed by atoms with E-state index in [1.54, 1.807) is 0 Å². The Morgan fingerprint density at radius 1 is 0.339 bits per heavy atom. The van der Waals surface area contributed by atoms with Crippen LogP contribution in [0, 0.1) is 6.57 Å². The fourth-order valence-electron chi connectivity index (χ4n) is 9.75. The normalized spacial score (nSPS) is 13.6. The van der Waals surface area contributed by atoms with E-state index in [-0.39, 0.29) is 5.41 Å². The topological polar surface area (TPSA) is 43.0 Å². The van der Waals surface area contributed by atoms with E-state index in [4.69, 9.17) is 21.5 Å². The number of fused-ring (bicyclic) bond motifs is 5. The van der Waals surface area contributed by atoms with Gasteiger partial charge in [-0.1, -0.05) is 201 Å². The monoisotopic (exact) mass is 794 g/mol. The zero-order chi connectivity index (χ0) is 41.5. The van der Waals surface area contributed by atoms with Crippen molar-refractivity contribution in [2.75, 3.05) is 0 Å². The van der Waals surface area contributed by atoms with E-state index in [1.807, 2.05) is 42.5 Å². The second-order valence-corrected chi connectivity index (χ2v) is 16.6. The van der Waals surface area contributed by atoms with Gasteiger partial charge in [-0.25, -0.2) is 19.8 Å². The Balaban J connectivity index is 0.837. The molecule has 2 aliphatic carbocycles. The molecule has 0 N–H and O–H groups in total. The van der Waals surface area contributed by atoms with Crippen molar-refractivity contribution >= 4 is 5.69 Å². The Hall–Kier alpha value is -7.74. The van der Waals surface area contributed by atoms with Gasteiger partial charge in [-0.05, 0) is 91.7 Å². The maximum absolute atomic E-state index is 7.63. The average Bonchev–Trinajstić information content (AvgIpc) is 3.61. The lowest BCUT2D eigenvalue weighted by Gasteiger charge is -2.36. The van der Waals surface area contributed by atoms with Gasteiger partial charge in [-0.15, -0.1) is 0 Å². The van der Waals surface area contributed by atoms with Crippen LogP contribution in [0.1, 0.15) is 43.2 Å². The molecule has 62 heavy (non-hydrogen) atoms. The van der Waals surface area contributed by atoms with Crippen molar-refractivity contribution < 1.29 is 0 Å². The highest BCUT2D eigenvalue weighted by atomic mass is 15.0. The van der Waals surface area contributed by atoms with Gasteiger partial charge in [0.25, 0.3) is 0 Å². The molecular formula is C58H42N4. The minimum Gasteiger partial charge on any atom is -0.238 e. The van der Waals surface area contributed by atoms with Crippen molar-refractivity contribution in [2.24, 2.45) is 0 Å². The summed E-state index contributed by atoms with van der Waals surface area (Å²) >= 11 is 0. The van der Waals surface area contributed by atoms with Crippen LogP contribution < -0.4 is 0 Å². The summed E-state index contributed by atoms with van der Waals surface area (Å²) in [6.45, 7) is 7.63. The van der Waals surface area contributed by atoms with Gasteiger partial charge in [0.1, 0.15) is 0 Å². The minimum atomic E-state index is 0.0559. The Labute approximate surface area is 363 Å². The summed E-state index contributed by atoms with van der Waals surface area (Å²) < 4.78 is 0. The lowest BCUT2D eigenvalue weighted by molar-refractivity contribution is 0.353. The number of benzene rings is 8. The second kappa shape index (κ2) is 15.7. The summed E-state index contributed by atoms with van der Waals surface area (Å²) in [7, 11) is 0. The molecule has 1 aromatic heterocycles. The highest BCUT2D eigenvalue weighted by molar-refractivity contribution is 5.86. The highest BCUT2D eigenvalue weighted by Gasteiger charge is 2.43. The van der Waals surface area contributed by atoms with Gasteiger partial charge >= 0.3 is 0 Å². The molecule has 1 fully saturated rings.